The molecular weight excluding hydrogens is 248 g/mol. The zero-order valence-corrected chi connectivity index (χ0v) is 11.6. The Kier molecular flexibility index (Phi) is 5.53. The summed E-state index contributed by atoms with van der Waals surface area (Å²) >= 11 is 0. The molecule has 5 N–H and O–H groups in total. The number of carbonyl (C=O) groups excluding carboxylic acids is 1. The van der Waals surface area contributed by atoms with Crippen LogP contribution < -0.4 is 5.73 Å². The van der Waals surface area contributed by atoms with Crippen LogP contribution in [0.3, 0.4) is 0 Å². The van der Waals surface area contributed by atoms with Crippen LogP contribution in [0.1, 0.15) is 46.8 Å². The lowest BCUT2D eigenvalue weighted by Gasteiger charge is -2.18. The fourth-order valence-corrected chi connectivity index (χ4v) is 2.14. The van der Waals surface area contributed by atoms with Gasteiger partial charge in [0.05, 0.1) is 12.7 Å². The molecule has 0 radical (unpaired) electrons. The summed E-state index contributed by atoms with van der Waals surface area (Å²) < 4.78 is 4.93. The molecule has 0 aromatic carbocycles. The van der Waals surface area contributed by atoms with E-state index in [0.717, 1.165) is 0 Å². The van der Waals surface area contributed by atoms with Crippen LogP contribution in [0.25, 0.3) is 0 Å². The van der Waals surface area contributed by atoms with Crippen LogP contribution >= 0.6 is 0 Å². The number of carbonyl (C=O) groups is 1. The van der Waals surface area contributed by atoms with E-state index in [4.69, 9.17) is 10.5 Å². The Morgan fingerprint density at radius 3 is 2.58 bits per heavy atom. The van der Waals surface area contributed by atoms with Gasteiger partial charge in [0.1, 0.15) is 11.8 Å². The molecule has 0 bridgehead atoms. The number of aliphatic hydroxyl groups excluding tert-OH is 2. The largest absolute Gasteiger partial charge is 0.461 e. The number of rotatable bonds is 6. The highest BCUT2D eigenvalue weighted by molar-refractivity contribution is 5.89. The standard InChI is InChI=1S/C13H22N2O4/c1-4-19-13(18)11-7(2)10(8(3)15-11)12(17)9(16)5-6-14/h9,12,15-17H,4-6,14H2,1-3H3. The molecule has 0 aliphatic carbocycles. The molecule has 2 atom stereocenters. The molecule has 0 fully saturated rings. The number of esters is 1. The molecule has 1 rings (SSSR count). The molecule has 0 aliphatic rings. The molecule has 0 amide bonds. The lowest BCUT2D eigenvalue weighted by Crippen LogP contribution is -2.22. The van der Waals surface area contributed by atoms with Crippen LogP contribution in [-0.2, 0) is 4.74 Å². The maximum absolute atomic E-state index is 11.7. The van der Waals surface area contributed by atoms with Crippen molar-refractivity contribution in [1.82, 2.24) is 4.98 Å². The first-order valence-corrected chi connectivity index (χ1v) is 6.36. The van der Waals surface area contributed by atoms with Gasteiger partial charge in [0.25, 0.3) is 0 Å². The summed E-state index contributed by atoms with van der Waals surface area (Å²) in [5.74, 6) is -0.463. The van der Waals surface area contributed by atoms with Gasteiger partial charge in [-0.05, 0) is 39.3 Å². The number of aromatic amines is 1. The van der Waals surface area contributed by atoms with Crippen molar-refractivity contribution in [3.8, 4) is 0 Å². The van der Waals surface area contributed by atoms with Crippen molar-refractivity contribution in [3.05, 3.63) is 22.5 Å². The predicted molar refractivity (Wildman–Crippen MR) is 70.9 cm³/mol. The molecule has 6 heteroatoms. The smallest absolute Gasteiger partial charge is 0.355 e. The van der Waals surface area contributed by atoms with Crippen molar-refractivity contribution in [2.45, 2.75) is 39.4 Å². The van der Waals surface area contributed by atoms with Gasteiger partial charge in [-0.2, -0.15) is 0 Å². The molecule has 0 spiro atoms. The Labute approximate surface area is 112 Å². The highest BCUT2D eigenvalue weighted by Crippen LogP contribution is 2.28. The Morgan fingerprint density at radius 2 is 2.05 bits per heavy atom. The first kappa shape index (κ1) is 15.7. The Balaban J connectivity index is 3.06. The average Bonchev–Trinajstić information content (AvgIpc) is 2.65. The molecule has 19 heavy (non-hydrogen) atoms. The van der Waals surface area contributed by atoms with E-state index in [9.17, 15) is 15.0 Å². The van der Waals surface area contributed by atoms with E-state index < -0.39 is 18.2 Å². The lowest BCUT2D eigenvalue weighted by molar-refractivity contribution is 0.0143. The number of hydrogen-bond acceptors (Lipinski definition) is 5. The van der Waals surface area contributed by atoms with Gasteiger partial charge < -0.3 is 25.7 Å². The van der Waals surface area contributed by atoms with Crippen LogP contribution in [0.4, 0.5) is 0 Å². The molecule has 1 heterocycles. The first-order chi connectivity index (χ1) is 8.93. The minimum absolute atomic E-state index is 0.282. The summed E-state index contributed by atoms with van der Waals surface area (Å²) in [4.78, 5) is 14.6. The molecule has 0 saturated heterocycles. The Bertz CT molecular complexity index is 442. The van der Waals surface area contributed by atoms with Crippen LogP contribution in [0.5, 0.6) is 0 Å². The fourth-order valence-electron chi connectivity index (χ4n) is 2.14. The number of nitrogens with two attached hydrogens (primary N) is 1. The molecule has 1 aromatic heterocycles. The minimum Gasteiger partial charge on any atom is -0.461 e. The minimum atomic E-state index is -1.07. The van der Waals surface area contributed by atoms with Gasteiger partial charge >= 0.3 is 5.97 Å². The SMILES string of the molecule is CCOC(=O)c1[nH]c(C)c(C(O)C(O)CCN)c1C. The number of H-pyrrole nitrogens is 1. The molecule has 108 valence electrons. The number of hydrogen-bond donors (Lipinski definition) is 4. The van der Waals surface area contributed by atoms with Gasteiger partial charge in [-0.1, -0.05) is 0 Å². The van der Waals surface area contributed by atoms with E-state index in [-0.39, 0.29) is 13.2 Å². The van der Waals surface area contributed by atoms with E-state index in [1.165, 1.54) is 0 Å². The summed E-state index contributed by atoms with van der Waals surface area (Å²) in [6, 6.07) is 0. The van der Waals surface area contributed by atoms with Crippen LogP contribution in [-0.4, -0.2) is 40.4 Å². The van der Waals surface area contributed by atoms with Crippen molar-refractivity contribution in [2.75, 3.05) is 13.2 Å². The highest BCUT2D eigenvalue weighted by Gasteiger charge is 2.26. The van der Waals surface area contributed by atoms with Gasteiger partial charge in [0, 0.05) is 11.3 Å². The summed E-state index contributed by atoms with van der Waals surface area (Å²) in [6.45, 7) is 5.74. The summed E-state index contributed by atoms with van der Waals surface area (Å²) in [6.07, 6.45) is -1.73. The zero-order chi connectivity index (χ0) is 14.6. The third-order valence-corrected chi connectivity index (χ3v) is 3.10. The monoisotopic (exact) mass is 270 g/mol. The van der Waals surface area contributed by atoms with Crippen molar-refractivity contribution < 1.29 is 19.7 Å². The van der Waals surface area contributed by atoms with E-state index in [0.29, 0.717) is 28.9 Å². The highest BCUT2D eigenvalue weighted by atomic mass is 16.5. The third-order valence-electron chi connectivity index (χ3n) is 3.10. The summed E-state index contributed by atoms with van der Waals surface area (Å²) in [5, 5.41) is 19.9. The van der Waals surface area contributed by atoms with Gasteiger partial charge in [0.15, 0.2) is 0 Å². The van der Waals surface area contributed by atoms with Crippen molar-refractivity contribution in [1.29, 1.82) is 0 Å². The Morgan fingerprint density at radius 1 is 1.42 bits per heavy atom. The van der Waals surface area contributed by atoms with Crippen LogP contribution in [0, 0.1) is 13.8 Å². The number of ether oxygens (including phenoxy) is 1. The molecule has 1 aromatic rings. The summed E-state index contributed by atoms with van der Waals surface area (Å²) in [5.41, 5.74) is 7.45. The Hall–Kier alpha value is -1.37. The average molecular weight is 270 g/mol. The van der Waals surface area contributed by atoms with Crippen molar-refractivity contribution in [3.63, 3.8) is 0 Å². The van der Waals surface area contributed by atoms with Crippen LogP contribution in [0.15, 0.2) is 0 Å². The number of aromatic nitrogens is 1. The third kappa shape index (κ3) is 3.34. The van der Waals surface area contributed by atoms with Gasteiger partial charge in [0.2, 0.25) is 0 Å². The zero-order valence-electron chi connectivity index (χ0n) is 11.6. The molecule has 0 aliphatic heterocycles. The number of aryl methyl sites for hydroxylation is 1. The number of nitrogens with one attached hydrogen (secondary N) is 1. The maximum atomic E-state index is 11.7. The predicted octanol–water partition coefficient (Wildman–Crippen LogP) is 0.551. The van der Waals surface area contributed by atoms with E-state index in [2.05, 4.69) is 4.98 Å². The van der Waals surface area contributed by atoms with E-state index in [1.807, 2.05) is 0 Å². The van der Waals surface area contributed by atoms with Gasteiger partial charge in [-0.15, -0.1) is 0 Å². The molecular formula is C13H22N2O4. The quantitative estimate of drug-likeness (QED) is 0.564. The maximum Gasteiger partial charge on any atom is 0.355 e. The molecule has 0 saturated carbocycles. The second-order valence-electron chi connectivity index (χ2n) is 4.47. The van der Waals surface area contributed by atoms with E-state index in [1.54, 1.807) is 20.8 Å². The lowest BCUT2D eigenvalue weighted by atomic mass is 9.98. The van der Waals surface area contributed by atoms with Crippen molar-refractivity contribution >= 4 is 5.97 Å². The topological polar surface area (TPSA) is 109 Å². The second-order valence-corrected chi connectivity index (χ2v) is 4.47. The molecule has 2 unspecified atom stereocenters. The first-order valence-electron chi connectivity index (χ1n) is 6.36. The molecule has 6 nitrogen and oxygen atoms in total. The normalized spacial score (nSPS) is 14.2. The van der Waals surface area contributed by atoms with Crippen molar-refractivity contribution in [2.24, 2.45) is 5.73 Å². The van der Waals surface area contributed by atoms with E-state index >= 15 is 0 Å². The summed E-state index contributed by atoms with van der Waals surface area (Å²) in [7, 11) is 0. The van der Waals surface area contributed by atoms with Crippen LogP contribution in [0.2, 0.25) is 0 Å². The number of aliphatic hydroxyl groups is 2. The fraction of sp³-hybridized carbons (Fsp3) is 0.615. The van der Waals surface area contributed by atoms with Gasteiger partial charge in [-0.3, -0.25) is 0 Å². The van der Waals surface area contributed by atoms with Gasteiger partial charge in [-0.25, -0.2) is 4.79 Å². The second kappa shape index (κ2) is 6.70.